The monoisotopic (exact) mass is 419 g/mol. The Bertz CT molecular complexity index is 913. The molecule has 0 radical (unpaired) electrons. The number of benzene rings is 2. The first-order valence-corrected chi connectivity index (χ1v) is 9.77. The molecule has 6 nitrogen and oxygen atoms in total. The Morgan fingerprint density at radius 1 is 1.14 bits per heavy atom. The van der Waals surface area contributed by atoms with E-state index in [2.05, 4.69) is 0 Å². The first kappa shape index (κ1) is 20.1. The molecule has 8 heteroatoms. The van der Waals surface area contributed by atoms with Crippen LogP contribution in [0.1, 0.15) is 12.5 Å². The summed E-state index contributed by atoms with van der Waals surface area (Å²) in [6, 6.07) is 11.6. The van der Waals surface area contributed by atoms with Crippen LogP contribution in [0.3, 0.4) is 0 Å². The minimum Gasteiger partial charge on any atom is -0.504 e. The molecule has 0 aromatic heterocycles. The van der Waals surface area contributed by atoms with Gasteiger partial charge in [0.05, 0.1) is 18.1 Å². The smallest absolute Gasteiger partial charge is 0.293 e. The van der Waals surface area contributed by atoms with Gasteiger partial charge in [0.15, 0.2) is 11.5 Å². The van der Waals surface area contributed by atoms with Gasteiger partial charge in [-0.05, 0) is 66.7 Å². The van der Waals surface area contributed by atoms with Gasteiger partial charge < -0.3 is 14.6 Å². The maximum Gasteiger partial charge on any atom is 0.293 e. The van der Waals surface area contributed by atoms with Crippen molar-refractivity contribution >= 4 is 40.6 Å². The molecule has 146 valence electrons. The highest BCUT2D eigenvalue weighted by atomic mass is 35.5. The van der Waals surface area contributed by atoms with E-state index in [1.54, 1.807) is 42.5 Å². The molecule has 1 aliphatic heterocycles. The van der Waals surface area contributed by atoms with Crippen molar-refractivity contribution in [3.8, 4) is 17.2 Å². The average Bonchev–Trinajstić information content (AvgIpc) is 2.93. The summed E-state index contributed by atoms with van der Waals surface area (Å²) < 4.78 is 10.9. The second-order valence-electron chi connectivity index (χ2n) is 5.80. The summed E-state index contributed by atoms with van der Waals surface area (Å²) >= 11 is 6.69. The maximum absolute atomic E-state index is 12.5. The number of carbonyl (C=O) groups is 2. The van der Waals surface area contributed by atoms with E-state index in [1.165, 1.54) is 6.07 Å². The number of hydrogen-bond acceptors (Lipinski definition) is 6. The molecule has 0 bridgehead atoms. The number of thioether (sulfide) groups is 1. The van der Waals surface area contributed by atoms with Crippen molar-refractivity contribution in [1.82, 2.24) is 4.90 Å². The van der Waals surface area contributed by atoms with Crippen LogP contribution in [0, 0.1) is 0 Å². The Morgan fingerprint density at radius 2 is 1.89 bits per heavy atom. The van der Waals surface area contributed by atoms with Crippen LogP contribution in [-0.4, -0.2) is 40.9 Å². The highest BCUT2D eigenvalue weighted by Crippen LogP contribution is 2.34. The van der Waals surface area contributed by atoms with Crippen molar-refractivity contribution in [2.75, 3.05) is 19.8 Å². The summed E-state index contributed by atoms with van der Waals surface area (Å²) in [6.45, 7) is 2.54. The lowest BCUT2D eigenvalue weighted by molar-refractivity contribution is -0.123. The van der Waals surface area contributed by atoms with Crippen LogP contribution in [0.15, 0.2) is 47.4 Å². The molecule has 1 fully saturated rings. The van der Waals surface area contributed by atoms with E-state index in [0.717, 1.165) is 16.7 Å². The van der Waals surface area contributed by atoms with Crippen molar-refractivity contribution in [2.45, 2.75) is 6.92 Å². The first-order chi connectivity index (χ1) is 13.5. The number of imide groups is 1. The molecule has 0 atom stereocenters. The van der Waals surface area contributed by atoms with Gasteiger partial charge in [0.1, 0.15) is 12.4 Å². The van der Waals surface area contributed by atoms with Crippen molar-refractivity contribution in [1.29, 1.82) is 0 Å². The number of phenolic OH excluding ortho intramolecular Hbond substituents is 1. The van der Waals surface area contributed by atoms with E-state index in [4.69, 9.17) is 21.1 Å². The lowest BCUT2D eigenvalue weighted by atomic mass is 10.2. The summed E-state index contributed by atoms with van der Waals surface area (Å²) in [7, 11) is 0. The van der Waals surface area contributed by atoms with Gasteiger partial charge in [-0.2, -0.15) is 0 Å². The number of halogens is 1. The minimum absolute atomic E-state index is 0.0199. The molecule has 0 aliphatic carbocycles. The van der Waals surface area contributed by atoms with Gasteiger partial charge in [0.2, 0.25) is 0 Å². The van der Waals surface area contributed by atoms with E-state index in [1.807, 2.05) is 6.92 Å². The van der Waals surface area contributed by atoms with Crippen LogP contribution in [0.25, 0.3) is 6.08 Å². The summed E-state index contributed by atoms with van der Waals surface area (Å²) in [4.78, 5) is 26.2. The molecular formula is C20H18ClNO5S. The molecule has 3 rings (SSSR count). The van der Waals surface area contributed by atoms with E-state index in [0.29, 0.717) is 33.6 Å². The molecule has 1 saturated heterocycles. The molecule has 1 heterocycles. The predicted octanol–water partition coefficient (Wildman–Crippen LogP) is 4.56. The number of hydrogen-bond donors (Lipinski definition) is 1. The number of carbonyl (C=O) groups excluding carboxylic acids is 2. The van der Waals surface area contributed by atoms with Gasteiger partial charge in [-0.1, -0.05) is 17.7 Å². The summed E-state index contributed by atoms with van der Waals surface area (Å²) in [5.41, 5.74) is 0.657. The number of rotatable bonds is 7. The van der Waals surface area contributed by atoms with Crippen LogP contribution in [0.4, 0.5) is 4.79 Å². The molecule has 2 aromatic rings. The Morgan fingerprint density at radius 3 is 2.61 bits per heavy atom. The van der Waals surface area contributed by atoms with Gasteiger partial charge in [-0.15, -0.1) is 0 Å². The topological polar surface area (TPSA) is 76.1 Å². The van der Waals surface area contributed by atoms with Crippen LogP contribution >= 0.6 is 23.4 Å². The number of amides is 2. The third-order valence-electron chi connectivity index (χ3n) is 3.85. The Labute approximate surface area is 171 Å². The van der Waals surface area contributed by atoms with Crippen LogP contribution in [0.5, 0.6) is 17.2 Å². The number of ether oxygens (including phenoxy) is 2. The summed E-state index contributed by atoms with van der Waals surface area (Å²) in [5, 5.41) is 10.0. The van der Waals surface area contributed by atoms with Gasteiger partial charge >= 0.3 is 0 Å². The average molecular weight is 420 g/mol. The second-order valence-corrected chi connectivity index (χ2v) is 7.23. The highest BCUT2D eigenvalue weighted by Gasteiger charge is 2.34. The molecule has 0 unspecified atom stereocenters. The van der Waals surface area contributed by atoms with Crippen LogP contribution in [0.2, 0.25) is 5.02 Å². The summed E-state index contributed by atoms with van der Waals surface area (Å²) in [5.74, 6) is 0.582. The SMILES string of the molecule is CCOc1cc(/C=C2\SC(=O)N(CCOc3ccc(Cl)cc3)C2=O)ccc1O. The van der Waals surface area contributed by atoms with Gasteiger partial charge in [-0.25, -0.2) is 0 Å². The molecule has 1 aliphatic rings. The van der Waals surface area contributed by atoms with Crippen LogP contribution in [-0.2, 0) is 4.79 Å². The zero-order valence-corrected chi connectivity index (χ0v) is 16.6. The normalized spacial score (nSPS) is 15.4. The quantitative estimate of drug-likeness (QED) is 0.663. The van der Waals surface area contributed by atoms with E-state index in [9.17, 15) is 14.7 Å². The molecule has 1 N–H and O–H groups in total. The molecule has 28 heavy (non-hydrogen) atoms. The lowest BCUT2D eigenvalue weighted by Gasteiger charge is -2.13. The number of phenols is 1. The Balaban J connectivity index is 1.65. The lowest BCUT2D eigenvalue weighted by Crippen LogP contribution is -2.32. The largest absolute Gasteiger partial charge is 0.504 e. The van der Waals surface area contributed by atoms with Crippen molar-refractivity contribution < 1.29 is 24.2 Å². The highest BCUT2D eigenvalue weighted by molar-refractivity contribution is 8.18. The van der Waals surface area contributed by atoms with Crippen LogP contribution < -0.4 is 9.47 Å². The fourth-order valence-corrected chi connectivity index (χ4v) is 3.51. The van der Waals surface area contributed by atoms with E-state index >= 15 is 0 Å². The molecule has 0 spiro atoms. The third-order valence-corrected chi connectivity index (χ3v) is 5.01. The fraction of sp³-hybridized carbons (Fsp3) is 0.200. The zero-order chi connectivity index (χ0) is 20.1. The number of aromatic hydroxyl groups is 1. The molecular weight excluding hydrogens is 402 g/mol. The third kappa shape index (κ3) is 4.79. The maximum atomic E-state index is 12.5. The molecule has 0 saturated carbocycles. The predicted molar refractivity (Wildman–Crippen MR) is 109 cm³/mol. The number of nitrogens with zero attached hydrogens (tertiary/aromatic N) is 1. The van der Waals surface area contributed by atoms with Crippen molar-refractivity contribution in [3.63, 3.8) is 0 Å². The molecule has 2 aromatic carbocycles. The van der Waals surface area contributed by atoms with Gasteiger partial charge in [0.25, 0.3) is 11.1 Å². The van der Waals surface area contributed by atoms with E-state index < -0.39 is 0 Å². The Hall–Kier alpha value is -2.64. The molecule has 2 amide bonds. The first-order valence-electron chi connectivity index (χ1n) is 8.57. The van der Waals surface area contributed by atoms with Crippen molar-refractivity contribution in [3.05, 3.63) is 58.0 Å². The van der Waals surface area contributed by atoms with Gasteiger partial charge in [0, 0.05) is 5.02 Å². The zero-order valence-electron chi connectivity index (χ0n) is 15.1. The van der Waals surface area contributed by atoms with Crippen molar-refractivity contribution in [2.24, 2.45) is 0 Å². The fourth-order valence-electron chi connectivity index (χ4n) is 2.52. The van der Waals surface area contributed by atoms with Gasteiger partial charge in [-0.3, -0.25) is 14.5 Å². The Kier molecular flexibility index (Phi) is 6.49. The second kappa shape index (κ2) is 9.03. The van der Waals surface area contributed by atoms with E-state index in [-0.39, 0.29) is 30.0 Å². The standard InChI is InChI=1S/C20H18ClNO5S/c1-2-26-17-11-13(3-8-16(17)23)12-18-19(24)22(20(25)28-18)9-10-27-15-6-4-14(21)5-7-15/h3-8,11-12,23H,2,9-10H2,1H3/b18-12-. The summed E-state index contributed by atoms with van der Waals surface area (Å²) in [6.07, 6.45) is 1.60. The minimum atomic E-state index is -0.374.